The summed E-state index contributed by atoms with van der Waals surface area (Å²) < 4.78 is 0. The van der Waals surface area contributed by atoms with Crippen molar-refractivity contribution in [3.63, 3.8) is 0 Å². The van der Waals surface area contributed by atoms with Gasteiger partial charge >= 0.3 is 0 Å². The number of nitrogens with zero attached hydrogens (tertiary/aromatic N) is 2. The maximum Gasteiger partial charge on any atom is 0.0648 e. The lowest BCUT2D eigenvalue weighted by Crippen LogP contribution is -2.22. The molecule has 1 aliphatic rings. The van der Waals surface area contributed by atoms with Crippen LogP contribution in [-0.4, -0.2) is 6.21 Å². The van der Waals surface area contributed by atoms with Crippen molar-refractivity contribution in [2.75, 3.05) is 5.01 Å². The van der Waals surface area contributed by atoms with Gasteiger partial charge in [0.15, 0.2) is 0 Å². The molecule has 3 heteroatoms. The molecule has 0 radical (unpaired) electrons. The standard InChI is InChI=1S/C15H21N3.C2H6/c1-4-12-11-15(12,16)13-8-7-9-14(10-13)18(6-3)17-5-2;1-2/h5-10,12H,3-4,11,16H2,1-2H3;1-2H3/b17-5-;. The molecule has 1 aromatic rings. The first-order chi connectivity index (χ1) is 9.65. The first-order valence-corrected chi connectivity index (χ1v) is 7.45. The summed E-state index contributed by atoms with van der Waals surface area (Å²) in [5.74, 6) is 0.611. The highest BCUT2D eigenvalue weighted by atomic mass is 15.4. The molecule has 1 saturated carbocycles. The third-order valence-electron chi connectivity index (χ3n) is 3.71. The smallest absolute Gasteiger partial charge is 0.0648 e. The highest BCUT2D eigenvalue weighted by molar-refractivity contribution is 5.59. The molecule has 0 heterocycles. The Kier molecular flexibility index (Phi) is 5.96. The van der Waals surface area contributed by atoms with Crippen molar-refractivity contribution in [3.8, 4) is 0 Å². The number of benzene rings is 1. The van der Waals surface area contributed by atoms with Crippen molar-refractivity contribution >= 4 is 11.9 Å². The van der Waals surface area contributed by atoms with Gasteiger partial charge in [0.05, 0.1) is 5.69 Å². The fourth-order valence-electron chi connectivity index (χ4n) is 2.49. The SMILES string of the molecule is C=CN(/N=C\C)c1cccc(C2(N)CC2CC)c1.CC. The molecule has 0 aliphatic heterocycles. The minimum atomic E-state index is -0.131. The van der Waals surface area contributed by atoms with Crippen LogP contribution in [0, 0.1) is 5.92 Å². The van der Waals surface area contributed by atoms with Crippen LogP contribution in [0.3, 0.4) is 0 Å². The maximum atomic E-state index is 6.42. The monoisotopic (exact) mass is 273 g/mol. The van der Waals surface area contributed by atoms with E-state index in [1.165, 1.54) is 5.56 Å². The molecular weight excluding hydrogens is 246 g/mol. The normalized spacial score (nSPS) is 23.9. The summed E-state index contributed by atoms with van der Waals surface area (Å²) in [6, 6.07) is 8.28. The number of hydrazone groups is 1. The molecule has 1 aromatic carbocycles. The molecule has 0 bridgehead atoms. The quantitative estimate of drug-likeness (QED) is 0.643. The molecule has 1 fully saturated rings. The van der Waals surface area contributed by atoms with Gasteiger partial charge in [-0.3, -0.25) is 0 Å². The second-order valence-electron chi connectivity index (χ2n) is 4.80. The summed E-state index contributed by atoms with van der Waals surface area (Å²) in [5.41, 5.74) is 8.50. The fraction of sp³-hybridized carbons (Fsp3) is 0.471. The number of hydrogen-bond acceptors (Lipinski definition) is 3. The minimum Gasteiger partial charge on any atom is -0.321 e. The van der Waals surface area contributed by atoms with Crippen LogP contribution in [0.25, 0.3) is 0 Å². The molecule has 2 N–H and O–H groups in total. The van der Waals surface area contributed by atoms with Gasteiger partial charge in [-0.05, 0) is 37.0 Å². The molecule has 2 atom stereocenters. The van der Waals surface area contributed by atoms with Gasteiger partial charge in [-0.15, -0.1) is 0 Å². The fourth-order valence-corrected chi connectivity index (χ4v) is 2.49. The van der Waals surface area contributed by atoms with Crippen LogP contribution in [-0.2, 0) is 5.54 Å². The summed E-state index contributed by atoms with van der Waals surface area (Å²) in [7, 11) is 0. The molecule has 0 aromatic heterocycles. The third kappa shape index (κ3) is 3.28. The van der Waals surface area contributed by atoms with Gasteiger partial charge in [-0.1, -0.05) is 45.9 Å². The zero-order valence-corrected chi connectivity index (χ0v) is 13.1. The summed E-state index contributed by atoms with van der Waals surface area (Å²) in [5, 5.41) is 6.01. The molecule has 3 nitrogen and oxygen atoms in total. The van der Waals surface area contributed by atoms with Crippen LogP contribution in [0.1, 0.15) is 46.1 Å². The molecule has 110 valence electrons. The van der Waals surface area contributed by atoms with Gasteiger partial charge in [0.25, 0.3) is 0 Å². The summed E-state index contributed by atoms with van der Waals surface area (Å²) in [6.07, 6.45) is 5.67. The van der Waals surface area contributed by atoms with Crippen LogP contribution in [0.4, 0.5) is 5.69 Å². The van der Waals surface area contributed by atoms with E-state index in [1.54, 1.807) is 17.4 Å². The van der Waals surface area contributed by atoms with Crippen molar-refractivity contribution in [1.29, 1.82) is 0 Å². The van der Waals surface area contributed by atoms with Crippen molar-refractivity contribution in [3.05, 3.63) is 42.6 Å². The Morgan fingerprint density at radius 3 is 2.70 bits per heavy atom. The third-order valence-corrected chi connectivity index (χ3v) is 3.71. The molecule has 1 aliphatic carbocycles. The molecule has 0 saturated heterocycles. The van der Waals surface area contributed by atoms with Crippen molar-refractivity contribution < 1.29 is 0 Å². The van der Waals surface area contributed by atoms with E-state index in [4.69, 9.17) is 5.73 Å². The van der Waals surface area contributed by atoms with Crippen LogP contribution < -0.4 is 10.7 Å². The first kappa shape index (κ1) is 16.4. The molecule has 20 heavy (non-hydrogen) atoms. The highest BCUT2D eigenvalue weighted by Gasteiger charge is 2.50. The molecule has 2 unspecified atom stereocenters. The van der Waals surface area contributed by atoms with Gasteiger partial charge < -0.3 is 5.73 Å². The minimum absolute atomic E-state index is 0.131. The van der Waals surface area contributed by atoms with E-state index in [0.717, 1.165) is 18.5 Å². The lowest BCUT2D eigenvalue weighted by molar-refractivity contribution is 0.615. The predicted octanol–water partition coefficient (Wildman–Crippen LogP) is 4.25. The topological polar surface area (TPSA) is 41.6 Å². The van der Waals surface area contributed by atoms with E-state index >= 15 is 0 Å². The Labute approximate surface area is 123 Å². The van der Waals surface area contributed by atoms with Gasteiger partial charge in [0, 0.05) is 18.0 Å². The van der Waals surface area contributed by atoms with Crippen LogP contribution in [0.5, 0.6) is 0 Å². The Balaban J connectivity index is 0.000000956. The second-order valence-corrected chi connectivity index (χ2v) is 4.80. The van der Waals surface area contributed by atoms with E-state index in [1.807, 2.05) is 32.9 Å². The van der Waals surface area contributed by atoms with Crippen LogP contribution in [0.15, 0.2) is 42.1 Å². The zero-order chi connectivity index (χ0) is 15.2. The summed E-state index contributed by atoms with van der Waals surface area (Å²) in [4.78, 5) is 0. The van der Waals surface area contributed by atoms with Crippen molar-refractivity contribution in [2.24, 2.45) is 16.8 Å². The van der Waals surface area contributed by atoms with E-state index in [0.29, 0.717) is 5.92 Å². The Hall–Kier alpha value is -1.61. The van der Waals surface area contributed by atoms with Crippen LogP contribution >= 0.6 is 0 Å². The zero-order valence-electron chi connectivity index (χ0n) is 13.1. The summed E-state index contributed by atoms with van der Waals surface area (Å²) in [6.45, 7) is 11.9. The molecule has 0 amide bonds. The van der Waals surface area contributed by atoms with E-state index < -0.39 is 0 Å². The second kappa shape index (κ2) is 7.25. The lowest BCUT2D eigenvalue weighted by atomic mass is 10.0. The Bertz CT molecular complexity index is 467. The molecule has 0 spiro atoms. The number of rotatable bonds is 5. The van der Waals surface area contributed by atoms with Gasteiger partial charge in [0.1, 0.15) is 0 Å². The predicted molar refractivity (Wildman–Crippen MR) is 88.9 cm³/mol. The van der Waals surface area contributed by atoms with Gasteiger partial charge in [0.2, 0.25) is 0 Å². The highest BCUT2D eigenvalue weighted by Crippen LogP contribution is 2.51. The molecular formula is C17H27N3. The lowest BCUT2D eigenvalue weighted by Gasteiger charge is -2.17. The van der Waals surface area contributed by atoms with E-state index in [9.17, 15) is 0 Å². The van der Waals surface area contributed by atoms with Crippen LogP contribution in [0.2, 0.25) is 0 Å². The van der Waals surface area contributed by atoms with Gasteiger partial charge in [-0.25, -0.2) is 5.01 Å². The first-order valence-electron chi connectivity index (χ1n) is 7.45. The number of nitrogens with two attached hydrogens (primary N) is 1. The Morgan fingerprint density at radius 1 is 1.50 bits per heavy atom. The van der Waals surface area contributed by atoms with Crippen molar-refractivity contribution in [1.82, 2.24) is 0 Å². The number of anilines is 1. The van der Waals surface area contributed by atoms with Crippen molar-refractivity contribution in [2.45, 2.75) is 46.1 Å². The van der Waals surface area contributed by atoms with E-state index in [2.05, 4.69) is 30.7 Å². The van der Waals surface area contributed by atoms with Gasteiger partial charge in [-0.2, -0.15) is 5.10 Å². The number of hydrogen-bond donors (Lipinski definition) is 1. The Morgan fingerprint density at radius 2 is 2.20 bits per heavy atom. The largest absolute Gasteiger partial charge is 0.321 e. The summed E-state index contributed by atoms with van der Waals surface area (Å²) >= 11 is 0. The average Bonchev–Trinajstić information content (AvgIpc) is 3.19. The average molecular weight is 273 g/mol. The van der Waals surface area contributed by atoms with E-state index in [-0.39, 0.29) is 5.54 Å². The molecule has 2 rings (SSSR count). The maximum absolute atomic E-state index is 6.42.